The summed E-state index contributed by atoms with van der Waals surface area (Å²) in [5.74, 6) is 0.607. The Labute approximate surface area is 131 Å². The van der Waals surface area contributed by atoms with Crippen LogP contribution in [0.2, 0.25) is 0 Å². The molecule has 0 aliphatic carbocycles. The number of hydrogen-bond donors (Lipinski definition) is 2. The number of ether oxygens (including phenoxy) is 1. The molecular formula is C18H34N2O. The summed E-state index contributed by atoms with van der Waals surface area (Å²) >= 11 is 0. The van der Waals surface area contributed by atoms with Crippen LogP contribution in [0.15, 0.2) is 36.1 Å². The van der Waals surface area contributed by atoms with Crippen molar-refractivity contribution < 1.29 is 4.74 Å². The fourth-order valence-corrected chi connectivity index (χ4v) is 2.30. The summed E-state index contributed by atoms with van der Waals surface area (Å²) in [7, 11) is 0. The molecule has 3 heteroatoms. The Balaban J connectivity index is 0.00000191. The highest BCUT2D eigenvalue weighted by Crippen LogP contribution is 2.27. The van der Waals surface area contributed by atoms with E-state index in [4.69, 9.17) is 10.5 Å². The van der Waals surface area contributed by atoms with Crippen molar-refractivity contribution in [3.63, 3.8) is 0 Å². The van der Waals surface area contributed by atoms with E-state index in [1.807, 2.05) is 19.9 Å². The maximum absolute atomic E-state index is 6.06. The van der Waals surface area contributed by atoms with Gasteiger partial charge in [-0.15, -0.1) is 0 Å². The zero-order valence-electron chi connectivity index (χ0n) is 14.6. The molecule has 1 saturated heterocycles. The Morgan fingerprint density at radius 2 is 2.00 bits per heavy atom. The predicted octanol–water partition coefficient (Wildman–Crippen LogP) is 3.78. The summed E-state index contributed by atoms with van der Waals surface area (Å²) in [6.07, 6.45) is 4.08. The van der Waals surface area contributed by atoms with Gasteiger partial charge in [0, 0.05) is 18.2 Å². The standard InChI is InChI=1S/C16H28N2O.C2H6/c1-12(10-13(2)14(3)17)7-9-19-16(4,5)15-6-8-18-11-15;1-2/h10,15,18H,2-3,6-9,11,17H2,1,4-5H3;1-2H3/b12-10+;. The van der Waals surface area contributed by atoms with Crippen molar-refractivity contribution in [2.24, 2.45) is 11.7 Å². The molecule has 0 spiro atoms. The quantitative estimate of drug-likeness (QED) is 0.702. The zero-order chi connectivity index (χ0) is 16.5. The molecule has 3 N–H and O–H groups in total. The van der Waals surface area contributed by atoms with Crippen LogP contribution in [0.5, 0.6) is 0 Å². The molecule has 0 amide bonds. The van der Waals surface area contributed by atoms with Crippen molar-refractivity contribution in [3.05, 3.63) is 36.1 Å². The van der Waals surface area contributed by atoms with Gasteiger partial charge in [0.25, 0.3) is 0 Å². The molecule has 1 atom stereocenters. The molecule has 122 valence electrons. The van der Waals surface area contributed by atoms with Crippen molar-refractivity contribution >= 4 is 0 Å². The van der Waals surface area contributed by atoms with Crippen LogP contribution in [0.3, 0.4) is 0 Å². The monoisotopic (exact) mass is 294 g/mol. The molecule has 1 rings (SSSR count). The lowest BCUT2D eigenvalue weighted by Crippen LogP contribution is -2.36. The van der Waals surface area contributed by atoms with Crippen molar-refractivity contribution in [1.29, 1.82) is 0 Å². The summed E-state index contributed by atoms with van der Waals surface area (Å²) in [4.78, 5) is 0. The summed E-state index contributed by atoms with van der Waals surface area (Å²) < 4.78 is 6.06. The SMILES string of the molecule is C=C(N)C(=C)/C=C(\C)CCOC(C)(C)C1CCNC1.CC. The lowest BCUT2D eigenvalue weighted by molar-refractivity contribution is -0.0532. The first-order chi connectivity index (χ1) is 9.83. The number of rotatable bonds is 7. The topological polar surface area (TPSA) is 47.3 Å². The second-order valence-corrected chi connectivity index (χ2v) is 5.93. The van der Waals surface area contributed by atoms with Crippen LogP contribution in [-0.4, -0.2) is 25.3 Å². The average molecular weight is 294 g/mol. The molecule has 21 heavy (non-hydrogen) atoms. The Morgan fingerprint density at radius 3 is 2.48 bits per heavy atom. The highest BCUT2D eigenvalue weighted by atomic mass is 16.5. The summed E-state index contributed by atoms with van der Waals surface area (Å²) in [5.41, 5.74) is 8.06. The summed E-state index contributed by atoms with van der Waals surface area (Å²) in [5, 5.41) is 3.39. The Bertz CT molecular complexity index is 363. The molecule has 0 bridgehead atoms. The molecule has 0 saturated carbocycles. The molecule has 3 nitrogen and oxygen atoms in total. The van der Waals surface area contributed by atoms with Crippen LogP contribution in [0.4, 0.5) is 0 Å². The molecule has 0 aromatic rings. The van der Waals surface area contributed by atoms with Gasteiger partial charge in [0.15, 0.2) is 0 Å². The van der Waals surface area contributed by atoms with Crippen molar-refractivity contribution in [3.8, 4) is 0 Å². The van der Waals surface area contributed by atoms with Gasteiger partial charge in [-0.3, -0.25) is 0 Å². The first kappa shape index (κ1) is 19.9. The van der Waals surface area contributed by atoms with E-state index >= 15 is 0 Å². The summed E-state index contributed by atoms with van der Waals surface area (Å²) in [6.45, 7) is 20.9. The molecule has 1 aliphatic heterocycles. The van der Waals surface area contributed by atoms with Crippen LogP contribution >= 0.6 is 0 Å². The molecule has 1 aliphatic rings. The van der Waals surface area contributed by atoms with Crippen molar-refractivity contribution in [2.45, 2.75) is 53.1 Å². The normalized spacial score (nSPS) is 18.9. The number of nitrogens with two attached hydrogens (primary N) is 1. The van der Waals surface area contributed by atoms with Gasteiger partial charge < -0.3 is 15.8 Å². The minimum Gasteiger partial charge on any atom is -0.399 e. The maximum Gasteiger partial charge on any atom is 0.0667 e. The van der Waals surface area contributed by atoms with E-state index in [0.717, 1.165) is 31.7 Å². The molecule has 1 fully saturated rings. The fourth-order valence-electron chi connectivity index (χ4n) is 2.30. The number of allylic oxidation sites excluding steroid dienone is 1. The second kappa shape index (κ2) is 9.80. The van der Waals surface area contributed by atoms with Gasteiger partial charge in [-0.1, -0.05) is 38.7 Å². The number of hydrogen-bond acceptors (Lipinski definition) is 3. The van der Waals surface area contributed by atoms with Crippen LogP contribution in [0, 0.1) is 5.92 Å². The van der Waals surface area contributed by atoms with Gasteiger partial charge in [0.05, 0.1) is 12.2 Å². The highest BCUT2D eigenvalue weighted by Gasteiger charge is 2.32. The van der Waals surface area contributed by atoms with Crippen LogP contribution in [0.25, 0.3) is 0 Å². The first-order valence-electron chi connectivity index (χ1n) is 7.98. The highest BCUT2D eigenvalue weighted by molar-refractivity contribution is 5.34. The maximum atomic E-state index is 6.06. The number of nitrogens with one attached hydrogen (secondary N) is 1. The van der Waals surface area contributed by atoms with Crippen LogP contribution < -0.4 is 11.1 Å². The van der Waals surface area contributed by atoms with Gasteiger partial charge in [-0.2, -0.15) is 0 Å². The molecule has 0 aromatic heterocycles. The van der Waals surface area contributed by atoms with E-state index in [9.17, 15) is 0 Å². The van der Waals surface area contributed by atoms with E-state index in [1.165, 1.54) is 12.0 Å². The van der Waals surface area contributed by atoms with Gasteiger partial charge in [0.2, 0.25) is 0 Å². The Kier molecular flexibility index (Phi) is 9.31. The third-order valence-corrected chi connectivity index (χ3v) is 3.85. The largest absolute Gasteiger partial charge is 0.399 e. The fraction of sp³-hybridized carbons (Fsp3) is 0.667. The Hall–Kier alpha value is -1.06. The average Bonchev–Trinajstić information content (AvgIpc) is 2.95. The van der Waals surface area contributed by atoms with Gasteiger partial charge in [-0.25, -0.2) is 0 Å². The molecule has 1 heterocycles. The third kappa shape index (κ3) is 7.49. The van der Waals surface area contributed by atoms with Crippen LogP contribution in [-0.2, 0) is 4.74 Å². The van der Waals surface area contributed by atoms with E-state index in [1.54, 1.807) is 0 Å². The third-order valence-electron chi connectivity index (χ3n) is 3.85. The van der Waals surface area contributed by atoms with E-state index in [-0.39, 0.29) is 5.60 Å². The molecular weight excluding hydrogens is 260 g/mol. The molecule has 1 unspecified atom stereocenters. The van der Waals surface area contributed by atoms with Gasteiger partial charge >= 0.3 is 0 Å². The van der Waals surface area contributed by atoms with Gasteiger partial charge in [0.1, 0.15) is 0 Å². The van der Waals surface area contributed by atoms with Crippen molar-refractivity contribution in [1.82, 2.24) is 5.32 Å². The second-order valence-electron chi connectivity index (χ2n) is 5.93. The lowest BCUT2D eigenvalue weighted by atomic mass is 9.90. The minimum atomic E-state index is -0.0573. The van der Waals surface area contributed by atoms with Gasteiger partial charge in [-0.05, 0) is 45.7 Å². The van der Waals surface area contributed by atoms with E-state index < -0.39 is 0 Å². The first-order valence-corrected chi connectivity index (χ1v) is 7.98. The minimum absolute atomic E-state index is 0.0573. The Morgan fingerprint density at radius 1 is 1.38 bits per heavy atom. The van der Waals surface area contributed by atoms with Crippen LogP contribution in [0.1, 0.15) is 47.5 Å². The molecule has 0 aromatic carbocycles. The van der Waals surface area contributed by atoms with Crippen molar-refractivity contribution in [2.75, 3.05) is 19.7 Å². The molecule has 0 radical (unpaired) electrons. The predicted molar refractivity (Wildman–Crippen MR) is 93.2 cm³/mol. The smallest absolute Gasteiger partial charge is 0.0667 e. The van der Waals surface area contributed by atoms with E-state index in [0.29, 0.717) is 11.6 Å². The lowest BCUT2D eigenvalue weighted by Gasteiger charge is -2.31. The summed E-state index contributed by atoms with van der Waals surface area (Å²) in [6, 6.07) is 0. The van der Waals surface area contributed by atoms with E-state index in [2.05, 4.69) is 39.2 Å². The zero-order valence-corrected chi connectivity index (χ0v) is 14.6.